The predicted molar refractivity (Wildman–Crippen MR) is 130 cm³/mol. The minimum Gasteiger partial charge on any atom is -0.408 e. The quantitative estimate of drug-likeness (QED) is 0.490. The summed E-state index contributed by atoms with van der Waals surface area (Å²) in [4.78, 5) is 26.7. The molecule has 0 radical (unpaired) electrons. The fourth-order valence-corrected chi connectivity index (χ4v) is 5.82. The Morgan fingerprint density at radius 1 is 1.21 bits per heavy atom. The minimum atomic E-state index is -3.82. The van der Waals surface area contributed by atoms with Crippen molar-refractivity contribution >= 4 is 32.7 Å². The second-order valence-corrected chi connectivity index (χ2v) is 10.6. The number of oxazole rings is 1. The molecule has 1 unspecified atom stereocenters. The monoisotopic (exact) mass is 486 g/mol. The van der Waals surface area contributed by atoms with Crippen molar-refractivity contribution < 1.29 is 17.6 Å². The van der Waals surface area contributed by atoms with Gasteiger partial charge in [0, 0.05) is 52.0 Å². The summed E-state index contributed by atoms with van der Waals surface area (Å²) in [5.41, 5.74) is 1.87. The van der Waals surface area contributed by atoms with Gasteiger partial charge in [0.25, 0.3) is 0 Å². The molecule has 0 saturated carbocycles. The summed E-state index contributed by atoms with van der Waals surface area (Å²) in [6.45, 7) is 1.82. The molecule has 3 aromatic rings. The number of aryl methyl sites for hydroxylation is 1. The fourth-order valence-electron chi connectivity index (χ4n) is 4.28. The first-order valence-electron chi connectivity index (χ1n) is 11.4. The molecule has 1 amide bonds. The molecule has 34 heavy (non-hydrogen) atoms. The van der Waals surface area contributed by atoms with Crippen LogP contribution in [0.2, 0.25) is 0 Å². The highest BCUT2D eigenvalue weighted by atomic mass is 32.2. The van der Waals surface area contributed by atoms with Gasteiger partial charge >= 0.3 is 5.76 Å². The molecule has 9 nitrogen and oxygen atoms in total. The van der Waals surface area contributed by atoms with Crippen molar-refractivity contribution in [3.63, 3.8) is 0 Å². The van der Waals surface area contributed by atoms with Crippen LogP contribution in [0.1, 0.15) is 19.3 Å². The zero-order valence-corrected chi connectivity index (χ0v) is 20.3. The standard InChI is InChI=1S/C24H30N4O5S/c1-26(19-9-4-3-5-10-19)14-7-13-25-23(29)18-8-6-15-28(17-18)34(31,32)20-11-12-21-22(16-20)33-24(30)27(21)2/h3-5,9-12,16,18H,6-8,13-15,17H2,1-2H3,(H,25,29). The molecule has 1 N–H and O–H groups in total. The molecule has 0 aliphatic carbocycles. The normalized spacial score (nSPS) is 17.1. The van der Waals surface area contributed by atoms with E-state index < -0.39 is 21.7 Å². The van der Waals surface area contributed by atoms with Crippen molar-refractivity contribution in [2.24, 2.45) is 13.0 Å². The van der Waals surface area contributed by atoms with Crippen molar-refractivity contribution in [2.75, 3.05) is 38.1 Å². The summed E-state index contributed by atoms with van der Waals surface area (Å²) in [5.74, 6) is -1.06. The van der Waals surface area contributed by atoms with Crippen molar-refractivity contribution in [3.8, 4) is 0 Å². The molecule has 0 bridgehead atoms. The van der Waals surface area contributed by atoms with Gasteiger partial charge in [0.15, 0.2) is 5.58 Å². The summed E-state index contributed by atoms with van der Waals surface area (Å²) in [7, 11) is -0.237. The van der Waals surface area contributed by atoms with Gasteiger partial charge in [0.1, 0.15) is 0 Å². The SMILES string of the molecule is CN(CCCNC(=O)C1CCCN(S(=O)(=O)c2ccc3c(c2)oc(=O)n3C)C1)c1ccccc1. The number of anilines is 1. The van der Waals surface area contributed by atoms with Crippen LogP contribution >= 0.6 is 0 Å². The van der Waals surface area contributed by atoms with E-state index in [-0.39, 0.29) is 22.9 Å². The van der Waals surface area contributed by atoms with Crippen LogP contribution in [0, 0.1) is 5.92 Å². The van der Waals surface area contributed by atoms with Gasteiger partial charge in [-0.3, -0.25) is 9.36 Å². The van der Waals surface area contributed by atoms with E-state index in [9.17, 15) is 18.0 Å². The maximum Gasteiger partial charge on any atom is 0.419 e. The van der Waals surface area contributed by atoms with Gasteiger partial charge in [-0.15, -0.1) is 0 Å². The van der Waals surface area contributed by atoms with E-state index in [2.05, 4.69) is 10.2 Å². The predicted octanol–water partition coefficient (Wildman–Crippen LogP) is 2.17. The third kappa shape index (κ3) is 5.02. The Morgan fingerprint density at radius 3 is 2.74 bits per heavy atom. The Morgan fingerprint density at radius 2 is 1.97 bits per heavy atom. The van der Waals surface area contributed by atoms with E-state index in [1.807, 2.05) is 37.4 Å². The number of sulfonamides is 1. The highest BCUT2D eigenvalue weighted by Gasteiger charge is 2.33. The van der Waals surface area contributed by atoms with E-state index in [0.29, 0.717) is 31.4 Å². The first kappa shape index (κ1) is 24.0. The van der Waals surface area contributed by atoms with Crippen molar-refractivity contribution in [3.05, 3.63) is 59.1 Å². The zero-order valence-electron chi connectivity index (χ0n) is 19.4. The Hall–Kier alpha value is -3.11. The molecule has 1 atom stereocenters. The van der Waals surface area contributed by atoms with Gasteiger partial charge in [-0.25, -0.2) is 13.2 Å². The molecule has 2 heterocycles. The van der Waals surface area contributed by atoms with Crippen LogP contribution in [0.25, 0.3) is 11.1 Å². The Balaban J connectivity index is 1.34. The molecule has 1 aromatic heterocycles. The van der Waals surface area contributed by atoms with E-state index in [1.165, 1.54) is 21.0 Å². The minimum absolute atomic E-state index is 0.0550. The maximum atomic E-state index is 13.2. The van der Waals surface area contributed by atoms with E-state index in [4.69, 9.17) is 4.42 Å². The molecule has 1 saturated heterocycles. The van der Waals surface area contributed by atoms with Crippen LogP contribution in [0.15, 0.2) is 62.6 Å². The summed E-state index contributed by atoms with van der Waals surface area (Å²) >= 11 is 0. The van der Waals surface area contributed by atoms with Gasteiger partial charge < -0.3 is 14.6 Å². The first-order valence-corrected chi connectivity index (χ1v) is 12.8. The number of aromatic nitrogens is 1. The number of para-hydroxylation sites is 1. The van der Waals surface area contributed by atoms with Gasteiger partial charge in [0.05, 0.1) is 16.3 Å². The average Bonchev–Trinajstić information content (AvgIpc) is 3.14. The largest absolute Gasteiger partial charge is 0.419 e. The molecule has 1 aliphatic rings. The average molecular weight is 487 g/mol. The number of benzene rings is 2. The Labute approximate surface area is 199 Å². The molecule has 10 heteroatoms. The van der Waals surface area contributed by atoms with E-state index >= 15 is 0 Å². The number of amides is 1. The van der Waals surface area contributed by atoms with Crippen LogP contribution in [0.3, 0.4) is 0 Å². The number of nitrogens with one attached hydrogen (secondary N) is 1. The number of carbonyl (C=O) groups is 1. The number of fused-ring (bicyclic) bond motifs is 1. The molecule has 0 spiro atoms. The van der Waals surface area contributed by atoms with Gasteiger partial charge in [0.2, 0.25) is 15.9 Å². The van der Waals surface area contributed by atoms with Crippen LogP contribution in [-0.4, -0.2) is 56.4 Å². The lowest BCUT2D eigenvalue weighted by atomic mass is 9.99. The molecule has 1 aliphatic heterocycles. The zero-order chi connectivity index (χ0) is 24.3. The van der Waals surface area contributed by atoms with Gasteiger partial charge in [-0.1, -0.05) is 18.2 Å². The number of nitrogens with zero attached hydrogens (tertiary/aromatic N) is 3. The molecule has 182 valence electrons. The maximum absolute atomic E-state index is 13.2. The van der Waals surface area contributed by atoms with Crippen LogP contribution < -0.4 is 16.0 Å². The fraction of sp³-hybridized carbons (Fsp3) is 0.417. The topological polar surface area (TPSA) is 105 Å². The van der Waals surface area contributed by atoms with Crippen LogP contribution in [-0.2, 0) is 21.9 Å². The summed E-state index contributed by atoms with van der Waals surface area (Å²) in [6.07, 6.45) is 2.04. The molecule has 1 fully saturated rings. The number of carbonyl (C=O) groups excluding carboxylic acids is 1. The number of hydrogen-bond donors (Lipinski definition) is 1. The number of rotatable bonds is 8. The number of hydrogen-bond acceptors (Lipinski definition) is 6. The lowest BCUT2D eigenvalue weighted by Gasteiger charge is -2.31. The van der Waals surface area contributed by atoms with Crippen molar-refractivity contribution in [1.29, 1.82) is 0 Å². The lowest BCUT2D eigenvalue weighted by Crippen LogP contribution is -2.45. The van der Waals surface area contributed by atoms with Crippen LogP contribution in [0.4, 0.5) is 5.69 Å². The van der Waals surface area contributed by atoms with Crippen LogP contribution in [0.5, 0.6) is 0 Å². The first-order chi connectivity index (χ1) is 16.3. The number of piperidine rings is 1. The highest BCUT2D eigenvalue weighted by molar-refractivity contribution is 7.89. The summed E-state index contributed by atoms with van der Waals surface area (Å²) in [5, 5.41) is 2.96. The van der Waals surface area contributed by atoms with E-state index in [0.717, 1.165) is 18.7 Å². The van der Waals surface area contributed by atoms with Gasteiger partial charge in [-0.2, -0.15) is 4.31 Å². The third-order valence-corrected chi connectivity index (χ3v) is 8.18. The Kier molecular flexibility index (Phi) is 7.08. The summed E-state index contributed by atoms with van der Waals surface area (Å²) < 4.78 is 34.3. The highest BCUT2D eigenvalue weighted by Crippen LogP contribution is 2.26. The Bertz CT molecular complexity index is 1320. The molecule has 2 aromatic carbocycles. The summed E-state index contributed by atoms with van der Waals surface area (Å²) in [6, 6.07) is 14.4. The van der Waals surface area contributed by atoms with Crippen molar-refractivity contribution in [2.45, 2.75) is 24.2 Å². The van der Waals surface area contributed by atoms with E-state index in [1.54, 1.807) is 13.1 Å². The lowest BCUT2D eigenvalue weighted by molar-refractivity contribution is -0.126. The molecular formula is C24H30N4O5S. The molecular weight excluding hydrogens is 456 g/mol. The second-order valence-electron chi connectivity index (χ2n) is 8.66. The second kappa shape index (κ2) is 10.0. The smallest absolute Gasteiger partial charge is 0.408 e. The van der Waals surface area contributed by atoms with Gasteiger partial charge in [-0.05, 0) is 43.5 Å². The van der Waals surface area contributed by atoms with Crippen molar-refractivity contribution in [1.82, 2.24) is 14.2 Å². The molecule has 4 rings (SSSR count). The third-order valence-electron chi connectivity index (χ3n) is 6.32.